The Kier molecular flexibility index (Phi) is 5.00. The summed E-state index contributed by atoms with van der Waals surface area (Å²) < 4.78 is 13.6. The Morgan fingerprint density at radius 1 is 1.26 bits per heavy atom. The summed E-state index contributed by atoms with van der Waals surface area (Å²) in [5.41, 5.74) is 1.95. The van der Waals surface area contributed by atoms with Gasteiger partial charge in [-0.3, -0.25) is 0 Å². The van der Waals surface area contributed by atoms with Gasteiger partial charge in [0.2, 0.25) is 0 Å². The highest BCUT2D eigenvalue weighted by atomic mass is 35.5. The molecule has 1 aromatic carbocycles. The van der Waals surface area contributed by atoms with E-state index in [-0.39, 0.29) is 10.8 Å². The van der Waals surface area contributed by atoms with Crippen LogP contribution in [0.5, 0.6) is 0 Å². The highest BCUT2D eigenvalue weighted by Crippen LogP contribution is 2.21. The van der Waals surface area contributed by atoms with Crippen molar-refractivity contribution in [2.24, 2.45) is 0 Å². The summed E-state index contributed by atoms with van der Waals surface area (Å²) >= 11 is 11.3. The molecule has 19 heavy (non-hydrogen) atoms. The number of pyridine rings is 1. The van der Waals surface area contributed by atoms with Crippen molar-refractivity contribution in [2.75, 3.05) is 11.2 Å². The third-order valence-corrected chi connectivity index (χ3v) is 3.07. The van der Waals surface area contributed by atoms with Gasteiger partial charge in [-0.15, -0.1) is 11.6 Å². The lowest BCUT2D eigenvalue weighted by atomic mass is 10.1. The van der Waals surface area contributed by atoms with Gasteiger partial charge >= 0.3 is 0 Å². The van der Waals surface area contributed by atoms with Gasteiger partial charge < -0.3 is 5.32 Å². The number of aromatic nitrogens is 1. The molecule has 0 fully saturated rings. The van der Waals surface area contributed by atoms with Crippen LogP contribution in [0.4, 0.5) is 15.9 Å². The Labute approximate surface area is 121 Å². The molecule has 0 aliphatic rings. The van der Waals surface area contributed by atoms with Crippen molar-refractivity contribution < 1.29 is 4.39 Å². The van der Waals surface area contributed by atoms with E-state index in [0.29, 0.717) is 5.88 Å². The predicted octanol–water partition coefficient (Wildman–Crippen LogP) is 4.79. The molecule has 2 rings (SSSR count). The van der Waals surface area contributed by atoms with Crippen molar-refractivity contribution in [3.05, 3.63) is 52.9 Å². The third-order valence-electron chi connectivity index (χ3n) is 2.60. The Balaban J connectivity index is 2.14. The number of halogens is 3. The average molecular weight is 299 g/mol. The molecule has 1 heterocycles. The molecular weight excluding hydrogens is 286 g/mol. The molecule has 0 atom stereocenters. The van der Waals surface area contributed by atoms with E-state index in [0.717, 1.165) is 24.1 Å². The molecule has 1 N–H and O–H groups in total. The van der Waals surface area contributed by atoms with Gasteiger partial charge in [0.15, 0.2) is 11.6 Å². The molecule has 0 amide bonds. The van der Waals surface area contributed by atoms with Crippen LogP contribution in [-0.2, 0) is 6.42 Å². The van der Waals surface area contributed by atoms with Crippen LogP contribution in [0.25, 0.3) is 0 Å². The molecule has 5 heteroatoms. The van der Waals surface area contributed by atoms with Crippen LogP contribution in [0.3, 0.4) is 0 Å². The zero-order valence-corrected chi connectivity index (χ0v) is 11.7. The van der Waals surface area contributed by atoms with Crippen LogP contribution in [0, 0.1) is 5.82 Å². The normalized spacial score (nSPS) is 10.5. The third kappa shape index (κ3) is 4.08. The molecule has 1 aromatic heterocycles. The van der Waals surface area contributed by atoms with E-state index in [9.17, 15) is 4.39 Å². The number of benzene rings is 1. The summed E-state index contributed by atoms with van der Waals surface area (Å²) in [6.07, 6.45) is 3.22. The van der Waals surface area contributed by atoms with Crippen molar-refractivity contribution in [1.29, 1.82) is 0 Å². The van der Waals surface area contributed by atoms with Crippen LogP contribution >= 0.6 is 23.2 Å². The van der Waals surface area contributed by atoms with E-state index in [1.165, 1.54) is 12.3 Å². The van der Waals surface area contributed by atoms with Crippen molar-refractivity contribution in [1.82, 2.24) is 4.98 Å². The second-order valence-electron chi connectivity index (χ2n) is 4.10. The number of rotatable bonds is 5. The summed E-state index contributed by atoms with van der Waals surface area (Å²) in [7, 11) is 0. The van der Waals surface area contributed by atoms with Crippen molar-refractivity contribution in [2.45, 2.75) is 12.8 Å². The molecule has 0 saturated carbocycles. The summed E-state index contributed by atoms with van der Waals surface area (Å²) in [6, 6.07) is 8.99. The monoisotopic (exact) mass is 298 g/mol. The van der Waals surface area contributed by atoms with Crippen LogP contribution in [0.1, 0.15) is 12.0 Å². The van der Waals surface area contributed by atoms with Gasteiger partial charge in [-0.25, -0.2) is 9.37 Å². The maximum Gasteiger partial charge on any atom is 0.167 e. The standard InChI is InChI=1S/C14H13Cl2FN2/c15-6-2-4-10-3-1-5-12(7-10)19-14-13(17)8-11(16)9-18-14/h1,3,5,7-9H,2,4,6H2,(H,18,19). The van der Waals surface area contributed by atoms with Gasteiger partial charge in [0.1, 0.15) is 0 Å². The van der Waals surface area contributed by atoms with Gasteiger partial charge in [-0.1, -0.05) is 23.7 Å². The van der Waals surface area contributed by atoms with E-state index in [2.05, 4.69) is 10.3 Å². The van der Waals surface area contributed by atoms with Crippen molar-refractivity contribution in [3.8, 4) is 0 Å². The SMILES string of the molecule is Fc1cc(Cl)cnc1Nc1cccc(CCCCl)c1. The summed E-state index contributed by atoms with van der Waals surface area (Å²) in [6.45, 7) is 0. The van der Waals surface area contributed by atoms with Gasteiger partial charge in [0, 0.05) is 17.8 Å². The lowest BCUT2D eigenvalue weighted by Crippen LogP contribution is -1.97. The number of hydrogen-bond donors (Lipinski definition) is 1. The molecule has 0 radical (unpaired) electrons. The fraction of sp³-hybridized carbons (Fsp3) is 0.214. The lowest BCUT2D eigenvalue weighted by molar-refractivity contribution is 0.626. The highest BCUT2D eigenvalue weighted by molar-refractivity contribution is 6.30. The van der Waals surface area contributed by atoms with E-state index >= 15 is 0 Å². The summed E-state index contributed by atoms with van der Waals surface area (Å²) in [5.74, 6) is 0.322. The second kappa shape index (κ2) is 6.73. The molecule has 0 bridgehead atoms. The van der Waals surface area contributed by atoms with E-state index < -0.39 is 5.82 Å². The number of hydrogen-bond acceptors (Lipinski definition) is 2. The molecule has 2 nitrogen and oxygen atoms in total. The Hall–Kier alpha value is -1.32. The predicted molar refractivity (Wildman–Crippen MR) is 78.0 cm³/mol. The van der Waals surface area contributed by atoms with Crippen LogP contribution in [-0.4, -0.2) is 10.9 Å². The fourth-order valence-corrected chi connectivity index (χ4v) is 2.00. The van der Waals surface area contributed by atoms with E-state index in [4.69, 9.17) is 23.2 Å². The maximum atomic E-state index is 13.6. The Morgan fingerprint density at radius 2 is 2.11 bits per heavy atom. The van der Waals surface area contributed by atoms with Gasteiger partial charge in [-0.05, 0) is 36.6 Å². The second-order valence-corrected chi connectivity index (χ2v) is 4.92. The quantitative estimate of drug-likeness (QED) is 0.803. The molecule has 0 saturated heterocycles. The molecule has 100 valence electrons. The Morgan fingerprint density at radius 3 is 2.84 bits per heavy atom. The summed E-state index contributed by atoms with van der Waals surface area (Å²) in [4.78, 5) is 3.93. The first kappa shape index (κ1) is 14.1. The van der Waals surface area contributed by atoms with Crippen LogP contribution < -0.4 is 5.32 Å². The lowest BCUT2D eigenvalue weighted by Gasteiger charge is -2.08. The first-order chi connectivity index (χ1) is 9.19. The van der Waals surface area contributed by atoms with Crippen LogP contribution in [0.15, 0.2) is 36.5 Å². The number of aryl methyl sites for hydroxylation is 1. The summed E-state index contributed by atoms with van der Waals surface area (Å²) in [5, 5.41) is 3.22. The minimum Gasteiger partial charge on any atom is -0.338 e. The number of alkyl halides is 1. The fourth-order valence-electron chi connectivity index (χ4n) is 1.72. The topological polar surface area (TPSA) is 24.9 Å². The Bertz CT molecular complexity index is 561. The molecular formula is C14H13Cl2FN2. The van der Waals surface area contributed by atoms with Gasteiger partial charge in [0.25, 0.3) is 0 Å². The number of nitrogens with one attached hydrogen (secondary N) is 1. The van der Waals surface area contributed by atoms with E-state index in [1.807, 2.05) is 24.3 Å². The van der Waals surface area contributed by atoms with Gasteiger partial charge in [0.05, 0.1) is 5.02 Å². The minimum absolute atomic E-state index is 0.166. The highest BCUT2D eigenvalue weighted by Gasteiger charge is 2.05. The molecule has 0 aliphatic carbocycles. The maximum absolute atomic E-state index is 13.6. The smallest absolute Gasteiger partial charge is 0.167 e. The molecule has 2 aromatic rings. The largest absolute Gasteiger partial charge is 0.338 e. The average Bonchev–Trinajstić information content (AvgIpc) is 2.40. The van der Waals surface area contributed by atoms with Gasteiger partial charge in [-0.2, -0.15) is 0 Å². The molecule has 0 unspecified atom stereocenters. The first-order valence-corrected chi connectivity index (χ1v) is 6.83. The van der Waals surface area contributed by atoms with Crippen LogP contribution in [0.2, 0.25) is 5.02 Å². The number of anilines is 2. The molecule has 0 aliphatic heterocycles. The minimum atomic E-state index is -0.473. The van der Waals surface area contributed by atoms with Crippen molar-refractivity contribution in [3.63, 3.8) is 0 Å². The molecule has 0 spiro atoms. The zero-order valence-electron chi connectivity index (χ0n) is 10.2. The van der Waals surface area contributed by atoms with E-state index in [1.54, 1.807) is 0 Å². The van der Waals surface area contributed by atoms with Crippen molar-refractivity contribution >= 4 is 34.7 Å². The first-order valence-electron chi connectivity index (χ1n) is 5.92. The number of nitrogens with zero attached hydrogens (tertiary/aromatic N) is 1. The zero-order chi connectivity index (χ0) is 13.7.